The number of hydrogen-bond acceptors (Lipinski definition) is 5. The van der Waals surface area contributed by atoms with Crippen LogP contribution in [0.1, 0.15) is 43.5 Å². The van der Waals surface area contributed by atoms with Gasteiger partial charge in [-0.15, -0.1) is 0 Å². The number of methoxy groups -OCH3 is 1. The number of hydrogen-bond donors (Lipinski definition) is 2. The Morgan fingerprint density at radius 3 is 2.54 bits per heavy atom. The van der Waals surface area contributed by atoms with Gasteiger partial charge < -0.3 is 25.0 Å². The van der Waals surface area contributed by atoms with Crippen LogP contribution in [-0.2, 0) is 4.79 Å². The third kappa shape index (κ3) is 6.41. The van der Waals surface area contributed by atoms with E-state index in [2.05, 4.69) is 10.6 Å². The summed E-state index contributed by atoms with van der Waals surface area (Å²) in [6.45, 7) is 6.27. The second-order valence-corrected chi connectivity index (χ2v) is 7.50. The lowest BCUT2D eigenvalue weighted by molar-refractivity contribution is -0.123. The Bertz CT molecular complexity index is 655. The molecular weight excluding hydrogens is 358 g/mol. The maximum Gasteiger partial charge on any atom is 0.258 e. The predicted octanol–water partition coefficient (Wildman–Crippen LogP) is 2.06. The van der Waals surface area contributed by atoms with Crippen LogP contribution in [-0.4, -0.2) is 63.2 Å². The summed E-state index contributed by atoms with van der Waals surface area (Å²) < 4.78 is 10.9. The van der Waals surface area contributed by atoms with Crippen molar-refractivity contribution in [3.8, 4) is 11.5 Å². The van der Waals surface area contributed by atoms with Crippen LogP contribution in [0.3, 0.4) is 0 Å². The van der Waals surface area contributed by atoms with Crippen LogP contribution in [0.15, 0.2) is 18.2 Å². The van der Waals surface area contributed by atoms with Crippen LogP contribution >= 0.6 is 0 Å². The fourth-order valence-electron chi connectivity index (χ4n) is 3.38. The number of nitrogens with zero attached hydrogens (tertiary/aromatic N) is 1. The predicted molar refractivity (Wildman–Crippen MR) is 109 cm³/mol. The van der Waals surface area contributed by atoms with Crippen LogP contribution in [0.2, 0.25) is 0 Å². The van der Waals surface area contributed by atoms with Gasteiger partial charge >= 0.3 is 0 Å². The summed E-state index contributed by atoms with van der Waals surface area (Å²) in [6.07, 6.45) is 3.23. The van der Waals surface area contributed by atoms with Crippen molar-refractivity contribution in [2.45, 2.75) is 39.2 Å². The number of piperidine rings is 1. The first-order valence-electron chi connectivity index (χ1n) is 9.98. The Labute approximate surface area is 167 Å². The quantitative estimate of drug-likeness (QED) is 0.674. The van der Waals surface area contributed by atoms with Crippen molar-refractivity contribution < 1.29 is 19.1 Å². The van der Waals surface area contributed by atoms with Gasteiger partial charge in [-0.05, 0) is 70.8 Å². The molecule has 0 bridgehead atoms. The summed E-state index contributed by atoms with van der Waals surface area (Å²) in [5.74, 6) is 1.39. The first-order chi connectivity index (χ1) is 13.4. The zero-order valence-electron chi connectivity index (χ0n) is 17.4. The van der Waals surface area contributed by atoms with Gasteiger partial charge in [0.15, 0.2) is 18.1 Å². The summed E-state index contributed by atoms with van der Waals surface area (Å²) >= 11 is 0. The Morgan fingerprint density at radius 1 is 1.21 bits per heavy atom. The molecule has 7 nitrogen and oxygen atoms in total. The summed E-state index contributed by atoms with van der Waals surface area (Å²) in [5.41, 5.74) is 0.574. The molecule has 0 saturated carbocycles. The number of ether oxygens (including phenoxy) is 2. The molecule has 0 radical (unpaired) electrons. The molecular formula is C21H33N3O4. The molecule has 1 saturated heterocycles. The second-order valence-electron chi connectivity index (χ2n) is 7.50. The van der Waals surface area contributed by atoms with E-state index in [0.717, 1.165) is 38.9 Å². The summed E-state index contributed by atoms with van der Waals surface area (Å²) in [4.78, 5) is 26.5. The highest BCUT2D eigenvalue weighted by Crippen LogP contribution is 2.29. The molecule has 7 heteroatoms. The molecule has 0 spiro atoms. The summed E-state index contributed by atoms with van der Waals surface area (Å²) in [6, 6.07) is 5.16. The molecule has 0 aliphatic carbocycles. The molecule has 0 unspecified atom stereocenters. The first-order valence-corrected chi connectivity index (χ1v) is 9.98. The molecule has 28 heavy (non-hydrogen) atoms. The number of likely N-dealkylation sites (tertiary alicyclic amines) is 1. The van der Waals surface area contributed by atoms with Gasteiger partial charge in [0.25, 0.3) is 11.8 Å². The topological polar surface area (TPSA) is 79.9 Å². The molecule has 1 fully saturated rings. The minimum Gasteiger partial charge on any atom is -0.493 e. The molecule has 1 aromatic rings. The van der Waals surface area contributed by atoms with Crippen LogP contribution in [0.25, 0.3) is 0 Å². The highest BCUT2D eigenvalue weighted by molar-refractivity contribution is 5.95. The summed E-state index contributed by atoms with van der Waals surface area (Å²) in [5, 5.41) is 5.96. The van der Waals surface area contributed by atoms with Gasteiger partial charge in [0.1, 0.15) is 0 Å². The SMILES string of the molecule is CNCCC1CCN(C(=O)c2ccc(OCC(=O)NC(C)C)c(OC)c2)CC1. The van der Waals surface area contributed by atoms with Crippen LogP contribution in [0, 0.1) is 5.92 Å². The number of carbonyl (C=O) groups is 2. The van der Waals surface area contributed by atoms with E-state index in [1.165, 1.54) is 7.11 Å². The van der Waals surface area contributed by atoms with E-state index in [1.807, 2.05) is 25.8 Å². The Balaban J connectivity index is 1.95. The minimum absolute atomic E-state index is 0.00877. The number of carbonyl (C=O) groups excluding carboxylic acids is 2. The average Bonchev–Trinajstić information content (AvgIpc) is 2.70. The normalized spacial score (nSPS) is 14.8. The van der Waals surface area contributed by atoms with Gasteiger partial charge in [0, 0.05) is 24.7 Å². The van der Waals surface area contributed by atoms with E-state index in [4.69, 9.17) is 9.47 Å². The van der Waals surface area contributed by atoms with Gasteiger partial charge in [0.2, 0.25) is 0 Å². The lowest BCUT2D eigenvalue weighted by Gasteiger charge is -2.32. The van der Waals surface area contributed by atoms with E-state index in [9.17, 15) is 9.59 Å². The van der Waals surface area contributed by atoms with Crippen LogP contribution in [0.4, 0.5) is 0 Å². The van der Waals surface area contributed by atoms with Crippen molar-refractivity contribution in [2.24, 2.45) is 5.92 Å². The Morgan fingerprint density at radius 2 is 1.93 bits per heavy atom. The molecule has 1 aliphatic heterocycles. The van der Waals surface area contributed by atoms with E-state index in [-0.39, 0.29) is 24.5 Å². The van der Waals surface area contributed by atoms with Crippen molar-refractivity contribution in [2.75, 3.05) is 40.4 Å². The fourth-order valence-corrected chi connectivity index (χ4v) is 3.38. The zero-order chi connectivity index (χ0) is 20.5. The number of nitrogens with one attached hydrogen (secondary N) is 2. The smallest absolute Gasteiger partial charge is 0.258 e. The summed E-state index contributed by atoms with van der Waals surface area (Å²) in [7, 11) is 3.49. The monoisotopic (exact) mass is 391 g/mol. The standard InChI is InChI=1S/C21H33N3O4/c1-15(2)23-20(25)14-28-18-6-5-17(13-19(18)27-4)21(26)24-11-8-16(9-12-24)7-10-22-3/h5-6,13,15-16,22H,7-12,14H2,1-4H3,(H,23,25). The first kappa shape index (κ1) is 22.0. The van der Waals surface area contributed by atoms with Crippen molar-refractivity contribution in [3.63, 3.8) is 0 Å². The van der Waals surface area contributed by atoms with Crippen molar-refractivity contribution >= 4 is 11.8 Å². The molecule has 0 atom stereocenters. The van der Waals surface area contributed by atoms with E-state index >= 15 is 0 Å². The van der Waals surface area contributed by atoms with Crippen molar-refractivity contribution in [1.29, 1.82) is 0 Å². The fraction of sp³-hybridized carbons (Fsp3) is 0.619. The van der Waals surface area contributed by atoms with Gasteiger partial charge in [-0.1, -0.05) is 0 Å². The van der Waals surface area contributed by atoms with E-state index in [1.54, 1.807) is 18.2 Å². The van der Waals surface area contributed by atoms with Gasteiger partial charge in [-0.3, -0.25) is 9.59 Å². The third-order valence-corrected chi connectivity index (χ3v) is 4.92. The maximum absolute atomic E-state index is 12.8. The van der Waals surface area contributed by atoms with Gasteiger partial charge in [-0.2, -0.15) is 0 Å². The van der Waals surface area contributed by atoms with Crippen molar-refractivity contribution in [1.82, 2.24) is 15.5 Å². The molecule has 0 aromatic heterocycles. The van der Waals surface area contributed by atoms with Gasteiger partial charge in [-0.25, -0.2) is 0 Å². The average molecular weight is 392 g/mol. The third-order valence-electron chi connectivity index (χ3n) is 4.92. The zero-order valence-corrected chi connectivity index (χ0v) is 17.4. The lowest BCUT2D eigenvalue weighted by Crippen LogP contribution is -2.39. The van der Waals surface area contributed by atoms with Crippen LogP contribution in [0.5, 0.6) is 11.5 Å². The van der Waals surface area contributed by atoms with E-state index in [0.29, 0.717) is 23.0 Å². The molecule has 1 aliphatic rings. The van der Waals surface area contributed by atoms with Crippen molar-refractivity contribution in [3.05, 3.63) is 23.8 Å². The Hall–Kier alpha value is -2.28. The number of rotatable bonds is 9. The second kappa shape index (κ2) is 10.9. The maximum atomic E-state index is 12.8. The van der Waals surface area contributed by atoms with Gasteiger partial charge in [0.05, 0.1) is 7.11 Å². The molecule has 1 heterocycles. The molecule has 2 amide bonds. The van der Waals surface area contributed by atoms with E-state index < -0.39 is 0 Å². The van der Waals surface area contributed by atoms with Crippen LogP contribution < -0.4 is 20.1 Å². The highest BCUT2D eigenvalue weighted by Gasteiger charge is 2.24. The Kier molecular flexibility index (Phi) is 8.57. The molecule has 156 valence electrons. The molecule has 2 rings (SSSR count). The number of amides is 2. The lowest BCUT2D eigenvalue weighted by atomic mass is 9.93. The minimum atomic E-state index is -0.196. The molecule has 1 aromatic carbocycles. The molecule has 2 N–H and O–H groups in total. The largest absolute Gasteiger partial charge is 0.493 e. The number of benzene rings is 1. The highest BCUT2D eigenvalue weighted by atomic mass is 16.5.